The van der Waals surface area contributed by atoms with E-state index in [-0.39, 0.29) is 12.6 Å². The molecule has 1 amide bonds. The number of carbonyl (C=O) groups excluding carboxylic acids is 1. The van der Waals surface area contributed by atoms with Crippen LogP contribution in [0.4, 0.5) is 0 Å². The lowest BCUT2D eigenvalue weighted by molar-refractivity contribution is -0.119. The fourth-order valence-electron chi connectivity index (χ4n) is 1.73. The number of rotatable bonds is 2. The van der Waals surface area contributed by atoms with Gasteiger partial charge in [-0.05, 0) is 0 Å². The van der Waals surface area contributed by atoms with Gasteiger partial charge in [0.1, 0.15) is 6.67 Å². The smallest absolute Gasteiger partial charge is 0.333 e. The maximum absolute atomic E-state index is 12.1. The minimum absolute atomic E-state index is 0.151. The van der Waals surface area contributed by atoms with E-state index in [9.17, 15) is 14.4 Å². The Kier molecular flexibility index (Phi) is 2.77. The molecule has 96 valence electrons. The Balaban J connectivity index is 2.73. The second-order valence-electron chi connectivity index (χ2n) is 3.99. The number of aromatic nitrogens is 4. The molecule has 0 aromatic carbocycles. The standard InChI is InChI=1S/C10H13N5O3/c1-6(16)11-5-15-9(17)7-8(12-4-13(7)2)14(3)10(15)18/h4H,5H2,1-3H3,(H,11,16). The molecular formula is C10H13N5O3. The van der Waals surface area contributed by atoms with E-state index >= 15 is 0 Å². The van der Waals surface area contributed by atoms with Crippen LogP contribution in [-0.2, 0) is 25.6 Å². The number of hydrogen-bond donors (Lipinski definition) is 1. The van der Waals surface area contributed by atoms with Crippen LogP contribution in [0.15, 0.2) is 15.9 Å². The van der Waals surface area contributed by atoms with E-state index in [1.165, 1.54) is 24.9 Å². The van der Waals surface area contributed by atoms with Crippen LogP contribution in [-0.4, -0.2) is 24.6 Å². The molecule has 2 aromatic heterocycles. The molecule has 0 radical (unpaired) electrons. The molecular weight excluding hydrogens is 238 g/mol. The molecule has 0 aliphatic rings. The van der Waals surface area contributed by atoms with Gasteiger partial charge in [-0.25, -0.2) is 14.3 Å². The normalized spacial score (nSPS) is 10.8. The molecule has 2 rings (SSSR count). The molecule has 1 N–H and O–H groups in total. The molecule has 0 saturated heterocycles. The molecule has 18 heavy (non-hydrogen) atoms. The number of nitrogens with zero attached hydrogens (tertiary/aromatic N) is 4. The summed E-state index contributed by atoms with van der Waals surface area (Å²) in [7, 11) is 3.20. The summed E-state index contributed by atoms with van der Waals surface area (Å²) in [6, 6.07) is 0. The second-order valence-corrected chi connectivity index (χ2v) is 3.99. The first-order chi connectivity index (χ1) is 8.43. The Morgan fingerprint density at radius 1 is 1.39 bits per heavy atom. The summed E-state index contributed by atoms with van der Waals surface area (Å²) in [6.45, 7) is 1.17. The van der Waals surface area contributed by atoms with Crippen molar-refractivity contribution in [1.29, 1.82) is 0 Å². The van der Waals surface area contributed by atoms with Crippen molar-refractivity contribution in [2.24, 2.45) is 14.1 Å². The summed E-state index contributed by atoms with van der Waals surface area (Å²) in [5.41, 5.74) is -0.337. The van der Waals surface area contributed by atoms with Crippen molar-refractivity contribution in [3.63, 3.8) is 0 Å². The van der Waals surface area contributed by atoms with E-state index in [4.69, 9.17) is 0 Å². The third kappa shape index (κ3) is 1.71. The molecule has 0 spiro atoms. The van der Waals surface area contributed by atoms with E-state index in [2.05, 4.69) is 10.3 Å². The average molecular weight is 251 g/mol. The molecule has 0 fully saturated rings. The van der Waals surface area contributed by atoms with E-state index in [0.717, 1.165) is 4.57 Å². The highest BCUT2D eigenvalue weighted by molar-refractivity contribution is 5.72. The summed E-state index contributed by atoms with van der Waals surface area (Å²) in [5, 5.41) is 2.43. The largest absolute Gasteiger partial charge is 0.338 e. The molecule has 0 aliphatic heterocycles. The predicted octanol–water partition coefficient (Wildman–Crippen LogP) is -1.47. The maximum Gasteiger partial charge on any atom is 0.333 e. The zero-order valence-electron chi connectivity index (χ0n) is 10.3. The van der Waals surface area contributed by atoms with E-state index < -0.39 is 11.2 Å². The van der Waals surface area contributed by atoms with Gasteiger partial charge in [-0.3, -0.25) is 14.2 Å². The van der Waals surface area contributed by atoms with Gasteiger partial charge in [0.05, 0.1) is 6.33 Å². The number of nitrogens with one attached hydrogen (secondary N) is 1. The maximum atomic E-state index is 12.1. The highest BCUT2D eigenvalue weighted by Gasteiger charge is 2.14. The summed E-state index contributed by atoms with van der Waals surface area (Å²) in [5.74, 6) is -0.311. The van der Waals surface area contributed by atoms with Gasteiger partial charge in [-0.2, -0.15) is 0 Å². The Labute approximate surface area is 101 Å². The summed E-state index contributed by atoms with van der Waals surface area (Å²) < 4.78 is 3.78. The van der Waals surface area contributed by atoms with Gasteiger partial charge in [-0.1, -0.05) is 0 Å². The first-order valence-electron chi connectivity index (χ1n) is 5.28. The van der Waals surface area contributed by atoms with Crippen molar-refractivity contribution in [1.82, 2.24) is 24.0 Å². The number of aryl methyl sites for hydroxylation is 2. The van der Waals surface area contributed by atoms with Crippen molar-refractivity contribution >= 4 is 17.1 Å². The zero-order chi connectivity index (χ0) is 13.4. The molecule has 0 bridgehead atoms. The van der Waals surface area contributed by atoms with Gasteiger partial charge in [0.25, 0.3) is 5.56 Å². The highest BCUT2D eigenvalue weighted by Crippen LogP contribution is 2.02. The van der Waals surface area contributed by atoms with Crippen LogP contribution in [0, 0.1) is 0 Å². The second kappa shape index (κ2) is 4.13. The number of imidazole rings is 1. The van der Waals surface area contributed by atoms with Gasteiger partial charge < -0.3 is 9.88 Å². The van der Waals surface area contributed by atoms with Gasteiger partial charge in [-0.15, -0.1) is 0 Å². The molecule has 0 saturated carbocycles. The summed E-state index contributed by atoms with van der Waals surface area (Å²) in [4.78, 5) is 38.9. The topological polar surface area (TPSA) is 90.9 Å². The van der Waals surface area contributed by atoms with E-state index in [1.54, 1.807) is 11.6 Å². The van der Waals surface area contributed by atoms with Gasteiger partial charge in [0.2, 0.25) is 5.91 Å². The van der Waals surface area contributed by atoms with Gasteiger partial charge >= 0.3 is 5.69 Å². The van der Waals surface area contributed by atoms with Crippen LogP contribution in [0.5, 0.6) is 0 Å². The zero-order valence-corrected chi connectivity index (χ0v) is 10.3. The number of amides is 1. The molecule has 2 heterocycles. The van der Waals surface area contributed by atoms with Gasteiger partial charge in [0, 0.05) is 21.0 Å². The summed E-state index contributed by atoms with van der Waals surface area (Å²) >= 11 is 0. The number of carbonyl (C=O) groups is 1. The fraction of sp³-hybridized carbons (Fsp3) is 0.400. The summed E-state index contributed by atoms with van der Waals surface area (Å²) in [6.07, 6.45) is 1.47. The minimum atomic E-state index is -0.514. The third-order valence-electron chi connectivity index (χ3n) is 2.69. The molecule has 8 nitrogen and oxygen atoms in total. The quantitative estimate of drug-likeness (QED) is 0.705. The molecule has 0 aliphatic carbocycles. The van der Waals surface area contributed by atoms with Crippen LogP contribution in [0.2, 0.25) is 0 Å². The van der Waals surface area contributed by atoms with Crippen molar-refractivity contribution in [2.75, 3.05) is 0 Å². The van der Waals surface area contributed by atoms with Crippen molar-refractivity contribution in [3.05, 3.63) is 27.2 Å². The van der Waals surface area contributed by atoms with Gasteiger partial charge in [0.15, 0.2) is 11.2 Å². The first-order valence-corrected chi connectivity index (χ1v) is 5.28. The Hall–Kier alpha value is -2.38. The lowest BCUT2D eigenvalue weighted by Crippen LogP contribution is -2.43. The Morgan fingerprint density at radius 3 is 2.67 bits per heavy atom. The lowest BCUT2D eigenvalue weighted by atomic mass is 10.5. The highest BCUT2D eigenvalue weighted by atomic mass is 16.2. The van der Waals surface area contributed by atoms with Crippen LogP contribution in [0.25, 0.3) is 11.2 Å². The van der Waals surface area contributed by atoms with Crippen LogP contribution >= 0.6 is 0 Å². The lowest BCUT2D eigenvalue weighted by Gasteiger charge is -2.08. The third-order valence-corrected chi connectivity index (χ3v) is 2.69. The van der Waals surface area contributed by atoms with E-state index in [1.807, 2.05) is 0 Å². The monoisotopic (exact) mass is 251 g/mol. The van der Waals surface area contributed by atoms with E-state index in [0.29, 0.717) is 11.2 Å². The van der Waals surface area contributed by atoms with Crippen LogP contribution in [0.1, 0.15) is 6.92 Å². The SMILES string of the molecule is CC(=O)NCn1c(=O)c2c(ncn2C)n(C)c1=O. The molecule has 0 unspecified atom stereocenters. The van der Waals surface area contributed by atoms with Crippen molar-refractivity contribution in [3.8, 4) is 0 Å². The fourth-order valence-corrected chi connectivity index (χ4v) is 1.73. The molecule has 0 atom stereocenters. The van der Waals surface area contributed by atoms with Crippen LogP contribution < -0.4 is 16.6 Å². The van der Waals surface area contributed by atoms with Crippen molar-refractivity contribution < 1.29 is 4.79 Å². The minimum Gasteiger partial charge on any atom is -0.338 e. The average Bonchev–Trinajstić information content (AvgIpc) is 2.68. The first kappa shape index (κ1) is 12.1. The predicted molar refractivity (Wildman–Crippen MR) is 64.0 cm³/mol. The Morgan fingerprint density at radius 2 is 2.06 bits per heavy atom. The van der Waals surface area contributed by atoms with Crippen LogP contribution in [0.3, 0.4) is 0 Å². The van der Waals surface area contributed by atoms with Crippen molar-refractivity contribution in [2.45, 2.75) is 13.6 Å². The number of fused-ring (bicyclic) bond motifs is 1. The Bertz CT molecular complexity index is 736. The number of hydrogen-bond acceptors (Lipinski definition) is 4. The molecule has 2 aromatic rings. The molecule has 8 heteroatoms.